The van der Waals surface area contributed by atoms with Crippen molar-refractivity contribution in [3.63, 3.8) is 0 Å². The Bertz CT molecular complexity index is 2360. The molecule has 0 spiro atoms. The molecule has 1 nitrogen and oxygen atoms in total. The lowest BCUT2D eigenvalue weighted by Crippen LogP contribution is -1.89. The average molecular weight is 574 g/mol. The van der Waals surface area contributed by atoms with E-state index in [1.165, 1.54) is 93.7 Å². The summed E-state index contributed by atoms with van der Waals surface area (Å²) in [7, 11) is 0. The molecule has 9 aromatic rings. The second-order valence-electron chi connectivity index (χ2n) is 12.2. The minimum Gasteiger partial charge on any atom is -0.308 e. The zero-order valence-electron chi connectivity index (χ0n) is 25.4. The van der Waals surface area contributed by atoms with E-state index in [2.05, 4.69) is 170 Å². The van der Waals surface area contributed by atoms with E-state index in [-0.39, 0.29) is 0 Å². The Hall–Kier alpha value is -5.66. The summed E-state index contributed by atoms with van der Waals surface area (Å²) in [4.78, 5) is 0. The minimum absolute atomic E-state index is 1.25. The molecule has 0 aliphatic heterocycles. The summed E-state index contributed by atoms with van der Waals surface area (Å²) in [5, 5.41) is 5.26. The summed E-state index contributed by atoms with van der Waals surface area (Å²) in [5.74, 6) is 0. The van der Waals surface area contributed by atoms with Crippen molar-refractivity contribution in [3.8, 4) is 44.5 Å². The Labute approximate surface area is 263 Å². The van der Waals surface area contributed by atoms with Gasteiger partial charge in [-0.15, -0.1) is 0 Å². The quantitative estimate of drug-likeness (QED) is 0.197. The Kier molecular flexibility index (Phi) is 5.70. The molecule has 2 aromatic heterocycles. The second-order valence-corrected chi connectivity index (χ2v) is 12.2. The number of rotatable bonds is 4. The van der Waals surface area contributed by atoms with Crippen LogP contribution in [-0.4, -0.2) is 4.40 Å². The first-order chi connectivity index (χ1) is 22.2. The Morgan fingerprint density at radius 3 is 1.24 bits per heavy atom. The lowest BCUT2D eigenvalue weighted by atomic mass is 9.91. The van der Waals surface area contributed by atoms with Crippen LogP contribution >= 0.6 is 0 Å². The van der Waals surface area contributed by atoms with E-state index in [9.17, 15) is 0 Å². The van der Waals surface area contributed by atoms with Gasteiger partial charge >= 0.3 is 0 Å². The molecule has 9 rings (SSSR count). The van der Waals surface area contributed by atoms with Crippen LogP contribution < -0.4 is 0 Å². The van der Waals surface area contributed by atoms with Crippen LogP contribution in [0.3, 0.4) is 0 Å². The molecule has 212 valence electrons. The highest BCUT2D eigenvalue weighted by molar-refractivity contribution is 6.28. The van der Waals surface area contributed by atoms with Gasteiger partial charge in [0.05, 0.1) is 16.6 Å². The van der Waals surface area contributed by atoms with Gasteiger partial charge in [0.25, 0.3) is 0 Å². The summed E-state index contributed by atoms with van der Waals surface area (Å²) >= 11 is 0. The standard InChI is InChI=1S/C44H31N/c1-28-26-32(30-12-5-3-6-13-30)22-24-34(28)36-16-10-20-40-42(36)38-18-9-19-39-43-37(17-11-21-41(43)45(40)44(38)39)35-25-23-33(27-29(35)2)31-14-7-4-8-15-31/h3-27H,1-2H3. The van der Waals surface area contributed by atoms with Crippen molar-refractivity contribution in [2.75, 3.05) is 0 Å². The normalized spacial score (nSPS) is 11.8. The molecule has 0 N–H and O–H groups in total. The van der Waals surface area contributed by atoms with Crippen molar-refractivity contribution >= 4 is 38.1 Å². The topological polar surface area (TPSA) is 4.41 Å². The monoisotopic (exact) mass is 573 g/mol. The first-order valence-electron chi connectivity index (χ1n) is 15.7. The van der Waals surface area contributed by atoms with Crippen molar-refractivity contribution < 1.29 is 0 Å². The first-order valence-corrected chi connectivity index (χ1v) is 15.7. The third-order valence-corrected chi connectivity index (χ3v) is 9.61. The van der Waals surface area contributed by atoms with Crippen LogP contribution in [0.5, 0.6) is 0 Å². The summed E-state index contributed by atoms with van der Waals surface area (Å²) in [6.07, 6.45) is 0. The van der Waals surface area contributed by atoms with E-state index in [0.29, 0.717) is 0 Å². The average Bonchev–Trinajstić information content (AvgIpc) is 3.62. The lowest BCUT2D eigenvalue weighted by Gasteiger charge is -2.12. The number of hydrogen-bond donors (Lipinski definition) is 0. The zero-order chi connectivity index (χ0) is 30.1. The second kappa shape index (κ2) is 9.94. The third-order valence-electron chi connectivity index (χ3n) is 9.61. The fourth-order valence-electron chi connectivity index (χ4n) is 7.58. The van der Waals surface area contributed by atoms with Gasteiger partial charge in [-0.1, -0.05) is 140 Å². The van der Waals surface area contributed by atoms with Gasteiger partial charge in [-0.2, -0.15) is 0 Å². The fourth-order valence-corrected chi connectivity index (χ4v) is 7.58. The predicted molar refractivity (Wildman–Crippen MR) is 192 cm³/mol. The van der Waals surface area contributed by atoms with Gasteiger partial charge in [0.15, 0.2) is 0 Å². The van der Waals surface area contributed by atoms with Crippen molar-refractivity contribution in [2.24, 2.45) is 0 Å². The molecule has 0 bridgehead atoms. The summed E-state index contributed by atoms with van der Waals surface area (Å²) in [6, 6.07) is 55.5. The molecule has 0 atom stereocenters. The number of aromatic nitrogens is 1. The molecule has 0 radical (unpaired) electrons. The molecule has 0 saturated carbocycles. The molecule has 1 heteroatoms. The number of benzene rings is 7. The molecule has 0 fully saturated rings. The molecule has 0 aliphatic carbocycles. The third kappa shape index (κ3) is 3.87. The predicted octanol–water partition coefficient (Wildman–Crippen LogP) is 12.1. The first kappa shape index (κ1) is 25.8. The molecule has 0 saturated heterocycles. The van der Waals surface area contributed by atoms with Crippen LogP contribution in [0.4, 0.5) is 0 Å². The molecule has 45 heavy (non-hydrogen) atoms. The van der Waals surface area contributed by atoms with E-state index in [1.807, 2.05) is 0 Å². The number of aryl methyl sites for hydroxylation is 2. The molecule has 0 aliphatic rings. The smallest absolute Gasteiger partial charge is 0.0620 e. The number of hydrogen-bond acceptors (Lipinski definition) is 0. The van der Waals surface area contributed by atoms with Gasteiger partial charge in [0.2, 0.25) is 0 Å². The lowest BCUT2D eigenvalue weighted by molar-refractivity contribution is 1.37. The van der Waals surface area contributed by atoms with E-state index in [1.54, 1.807) is 0 Å². The highest BCUT2D eigenvalue weighted by Gasteiger charge is 2.22. The molecular formula is C44H31N. The summed E-state index contributed by atoms with van der Waals surface area (Å²) in [6.45, 7) is 4.48. The maximum Gasteiger partial charge on any atom is 0.0620 e. The Morgan fingerprint density at radius 2 is 0.800 bits per heavy atom. The maximum absolute atomic E-state index is 2.50. The van der Waals surface area contributed by atoms with Crippen molar-refractivity contribution in [1.82, 2.24) is 4.40 Å². The molecule has 2 heterocycles. The summed E-state index contributed by atoms with van der Waals surface area (Å²) < 4.78 is 2.50. The van der Waals surface area contributed by atoms with E-state index < -0.39 is 0 Å². The van der Waals surface area contributed by atoms with Crippen LogP contribution in [0.1, 0.15) is 11.1 Å². The van der Waals surface area contributed by atoms with Crippen LogP contribution in [-0.2, 0) is 0 Å². The van der Waals surface area contributed by atoms with E-state index in [0.717, 1.165) is 0 Å². The summed E-state index contributed by atoms with van der Waals surface area (Å²) in [5.41, 5.74) is 16.5. The molecule has 0 amide bonds. The Balaban J connectivity index is 1.26. The van der Waals surface area contributed by atoms with E-state index in [4.69, 9.17) is 0 Å². The minimum atomic E-state index is 1.25. The zero-order valence-corrected chi connectivity index (χ0v) is 25.4. The highest BCUT2D eigenvalue weighted by atomic mass is 14.9. The number of para-hydroxylation sites is 1. The van der Waals surface area contributed by atoms with Gasteiger partial charge in [0, 0.05) is 21.5 Å². The SMILES string of the molecule is Cc1cc(-c2ccccc2)ccc1-c1cccc2c1c1cccc3c4c(-c5ccc(-c6ccccc6)cc5C)cccc4n2c13. The van der Waals surface area contributed by atoms with Gasteiger partial charge in [0.1, 0.15) is 0 Å². The molecular weight excluding hydrogens is 542 g/mol. The van der Waals surface area contributed by atoms with E-state index >= 15 is 0 Å². The van der Waals surface area contributed by atoms with Crippen LogP contribution in [0.15, 0.2) is 152 Å². The van der Waals surface area contributed by atoms with Crippen molar-refractivity contribution in [1.29, 1.82) is 0 Å². The van der Waals surface area contributed by atoms with Gasteiger partial charge in [-0.3, -0.25) is 0 Å². The molecule has 7 aromatic carbocycles. The van der Waals surface area contributed by atoms with Crippen molar-refractivity contribution in [3.05, 3.63) is 163 Å². The van der Waals surface area contributed by atoms with Gasteiger partial charge in [-0.05, 0) is 81.6 Å². The van der Waals surface area contributed by atoms with Crippen LogP contribution in [0.2, 0.25) is 0 Å². The fraction of sp³-hybridized carbons (Fsp3) is 0.0455. The Morgan fingerprint density at radius 1 is 0.356 bits per heavy atom. The molecule has 0 unspecified atom stereocenters. The maximum atomic E-state index is 2.50. The largest absolute Gasteiger partial charge is 0.308 e. The highest BCUT2D eigenvalue weighted by Crippen LogP contribution is 2.46. The number of fused-ring (bicyclic) bond motifs is 6. The van der Waals surface area contributed by atoms with Crippen molar-refractivity contribution in [2.45, 2.75) is 13.8 Å². The van der Waals surface area contributed by atoms with Gasteiger partial charge in [-0.25, -0.2) is 0 Å². The van der Waals surface area contributed by atoms with Crippen LogP contribution in [0.25, 0.3) is 82.6 Å². The number of nitrogens with zero attached hydrogens (tertiary/aromatic N) is 1. The van der Waals surface area contributed by atoms with Gasteiger partial charge < -0.3 is 4.40 Å². The van der Waals surface area contributed by atoms with Crippen LogP contribution in [0, 0.1) is 13.8 Å².